The summed E-state index contributed by atoms with van der Waals surface area (Å²) in [5, 5.41) is 3.33. The quantitative estimate of drug-likeness (QED) is 0.875. The number of amides is 1. The summed E-state index contributed by atoms with van der Waals surface area (Å²) >= 11 is 0. The maximum absolute atomic E-state index is 12.4. The van der Waals surface area contributed by atoms with Crippen LogP contribution in [0.15, 0.2) is 24.3 Å². The standard InChI is InChI=1S/C20H28N2O/c1-15-2-4-16(5-3-15)13-20(9-10-20)21-19(23)8-11-22-14-17-6-7-18(22)12-17/h2-5,17-18H,6-14H2,1H3,(H,21,23)/t17-,18+/m1/s1. The minimum Gasteiger partial charge on any atom is -0.350 e. The van der Waals surface area contributed by atoms with Gasteiger partial charge in [-0.05, 0) is 56.9 Å². The van der Waals surface area contributed by atoms with E-state index in [4.69, 9.17) is 0 Å². The molecule has 124 valence electrons. The lowest BCUT2D eigenvalue weighted by Gasteiger charge is -2.27. The van der Waals surface area contributed by atoms with Gasteiger partial charge in [-0.3, -0.25) is 9.69 Å². The molecule has 0 spiro atoms. The Bertz CT molecular complexity index is 576. The third-order valence-electron chi connectivity index (χ3n) is 6.07. The first-order valence-corrected chi connectivity index (χ1v) is 9.23. The molecular formula is C20H28N2O. The normalized spacial score (nSPS) is 28.0. The third kappa shape index (κ3) is 3.45. The lowest BCUT2D eigenvalue weighted by molar-refractivity contribution is -0.122. The number of carbonyl (C=O) groups excluding carboxylic acids is 1. The smallest absolute Gasteiger partial charge is 0.221 e. The van der Waals surface area contributed by atoms with Gasteiger partial charge in [-0.2, -0.15) is 0 Å². The second kappa shape index (κ2) is 5.94. The number of carbonyl (C=O) groups is 1. The van der Waals surface area contributed by atoms with E-state index in [0.717, 1.165) is 37.8 Å². The summed E-state index contributed by atoms with van der Waals surface area (Å²) in [6, 6.07) is 9.49. The highest BCUT2D eigenvalue weighted by Crippen LogP contribution is 2.39. The van der Waals surface area contributed by atoms with E-state index in [1.807, 2.05) is 0 Å². The SMILES string of the molecule is Cc1ccc(CC2(NC(=O)CCN3C[C@@H]4CC[C@H]3C4)CC2)cc1. The number of hydrogen-bond donors (Lipinski definition) is 1. The summed E-state index contributed by atoms with van der Waals surface area (Å²) in [7, 11) is 0. The van der Waals surface area contributed by atoms with Crippen molar-refractivity contribution < 1.29 is 4.79 Å². The number of likely N-dealkylation sites (tertiary alicyclic amines) is 1. The summed E-state index contributed by atoms with van der Waals surface area (Å²) < 4.78 is 0. The molecule has 23 heavy (non-hydrogen) atoms. The van der Waals surface area contributed by atoms with E-state index < -0.39 is 0 Å². The molecule has 2 saturated carbocycles. The van der Waals surface area contributed by atoms with Crippen molar-refractivity contribution in [1.29, 1.82) is 0 Å². The number of fused-ring (bicyclic) bond motifs is 2. The van der Waals surface area contributed by atoms with Crippen LogP contribution in [0.5, 0.6) is 0 Å². The average molecular weight is 312 g/mol. The van der Waals surface area contributed by atoms with Gasteiger partial charge in [0, 0.05) is 31.1 Å². The molecule has 3 nitrogen and oxygen atoms in total. The molecule has 1 heterocycles. The Labute approximate surface area is 139 Å². The van der Waals surface area contributed by atoms with E-state index in [1.165, 1.54) is 36.9 Å². The van der Waals surface area contributed by atoms with Crippen LogP contribution in [0, 0.1) is 12.8 Å². The monoisotopic (exact) mass is 312 g/mol. The molecule has 1 amide bonds. The highest BCUT2D eigenvalue weighted by Gasteiger charge is 2.44. The molecule has 3 heteroatoms. The molecule has 1 N–H and O–H groups in total. The predicted octanol–water partition coefficient (Wildman–Crippen LogP) is 3.06. The molecular weight excluding hydrogens is 284 g/mol. The zero-order valence-electron chi connectivity index (χ0n) is 14.2. The molecule has 0 aromatic heterocycles. The number of nitrogens with zero attached hydrogens (tertiary/aromatic N) is 1. The van der Waals surface area contributed by atoms with Crippen molar-refractivity contribution in [1.82, 2.24) is 10.2 Å². The molecule has 1 aliphatic heterocycles. The summed E-state index contributed by atoms with van der Waals surface area (Å²) in [6.07, 6.45) is 8.03. The molecule has 0 unspecified atom stereocenters. The van der Waals surface area contributed by atoms with Crippen LogP contribution in [0.1, 0.15) is 49.7 Å². The average Bonchev–Trinajstić information content (AvgIpc) is 2.97. The highest BCUT2D eigenvalue weighted by atomic mass is 16.1. The van der Waals surface area contributed by atoms with Crippen LogP contribution in [0.25, 0.3) is 0 Å². The maximum atomic E-state index is 12.4. The molecule has 2 bridgehead atoms. The van der Waals surface area contributed by atoms with Gasteiger partial charge in [-0.15, -0.1) is 0 Å². The lowest BCUT2D eigenvalue weighted by Crippen LogP contribution is -2.41. The van der Waals surface area contributed by atoms with Gasteiger partial charge in [0.15, 0.2) is 0 Å². The van der Waals surface area contributed by atoms with Gasteiger partial charge >= 0.3 is 0 Å². The number of rotatable bonds is 6. The zero-order chi connectivity index (χ0) is 15.9. The van der Waals surface area contributed by atoms with Crippen LogP contribution in [-0.2, 0) is 11.2 Å². The number of nitrogens with one attached hydrogen (secondary N) is 1. The van der Waals surface area contributed by atoms with Crippen molar-refractivity contribution in [3.05, 3.63) is 35.4 Å². The molecule has 1 saturated heterocycles. The van der Waals surface area contributed by atoms with Gasteiger partial charge in [-0.25, -0.2) is 0 Å². The fraction of sp³-hybridized carbons (Fsp3) is 0.650. The first kappa shape index (κ1) is 15.2. The van der Waals surface area contributed by atoms with Crippen molar-refractivity contribution in [2.75, 3.05) is 13.1 Å². The molecule has 2 atom stereocenters. The van der Waals surface area contributed by atoms with Crippen molar-refractivity contribution in [2.24, 2.45) is 5.92 Å². The van der Waals surface area contributed by atoms with Crippen LogP contribution in [-0.4, -0.2) is 35.5 Å². The molecule has 3 fully saturated rings. The summed E-state index contributed by atoms with van der Waals surface area (Å²) in [4.78, 5) is 14.9. The van der Waals surface area contributed by atoms with Gasteiger partial charge in [0.05, 0.1) is 0 Å². The first-order chi connectivity index (χ1) is 11.1. The number of piperidine rings is 1. The van der Waals surface area contributed by atoms with Gasteiger partial charge in [-0.1, -0.05) is 29.8 Å². The van der Waals surface area contributed by atoms with Gasteiger partial charge in [0.25, 0.3) is 0 Å². The van der Waals surface area contributed by atoms with Crippen molar-refractivity contribution in [3.8, 4) is 0 Å². The Morgan fingerprint density at radius 3 is 2.65 bits per heavy atom. The summed E-state index contributed by atoms with van der Waals surface area (Å²) in [6.45, 7) is 4.30. The van der Waals surface area contributed by atoms with Crippen LogP contribution in [0.4, 0.5) is 0 Å². The zero-order valence-corrected chi connectivity index (χ0v) is 14.2. The van der Waals surface area contributed by atoms with Crippen molar-refractivity contribution in [2.45, 2.75) is 63.5 Å². The van der Waals surface area contributed by atoms with Crippen LogP contribution in [0.3, 0.4) is 0 Å². The maximum Gasteiger partial charge on any atom is 0.221 e. The molecule has 2 aliphatic carbocycles. The van der Waals surface area contributed by atoms with Crippen LogP contribution < -0.4 is 5.32 Å². The Hall–Kier alpha value is -1.35. The van der Waals surface area contributed by atoms with Crippen LogP contribution >= 0.6 is 0 Å². The first-order valence-electron chi connectivity index (χ1n) is 9.23. The Morgan fingerprint density at radius 1 is 1.26 bits per heavy atom. The molecule has 3 aliphatic rings. The van der Waals surface area contributed by atoms with E-state index in [0.29, 0.717) is 6.42 Å². The second-order valence-corrected chi connectivity index (χ2v) is 8.07. The molecule has 1 aromatic carbocycles. The third-order valence-corrected chi connectivity index (χ3v) is 6.07. The minimum atomic E-state index is 0.0519. The second-order valence-electron chi connectivity index (χ2n) is 8.07. The molecule has 4 rings (SSSR count). The Morgan fingerprint density at radius 2 is 2.04 bits per heavy atom. The minimum absolute atomic E-state index is 0.0519. The highest BCUT2D eigenvalue weighted by molar-refractivity contribution is 5.77. The van der Waals surface area contributed by atoms with Crippen molar-refractivity contribution >= 4 is 5.91 Å². The van der Waals surface area contributed by atoms with E-state index in [-0.39, 0.29) is 11.4 Å². The molecule has 1 aromatic rings. The van der Waals surface area contributed by atoms with Gasteiger partial charge in [0.2, 0.25) is 5.91 Å². The van der Waals surface area contributed by atoms with E-state index in [9.17, 15) is 4.79 Å². The fourth-order valence-corrected chi connectivity index (χ4v) is 4.50. The molecule has 0 radical (unpaired) electrons. The Kier molecular flexibility index (Phi) is 3.92. The van der Waals surface area contributed by atoms with E-state index >= 15 is 0 Å². The topological polar surface area (TPSA) is 32.3 Å². The number of hydrogen-bond acceptors (Lipinski definition) is 2. The summed E-state index contributed by atoms with van der Waals surface area (Å²) in [5.74, 6) is 1.16. The largest absolute Gasteiger partial charge is 0.350 e. The van der Waals surface area contributed by atoms with Crippen molar-refractivity contribution in [3.63, 3.8) is 0 Å². The predicted molar refractivity (Wildman–Crippen MR) is 92.3 cm³/mol. The van der Waals surface area contributed by atoms with E-state index in [2.05, 4.69) is 41.4 Å². The number of benzene rings is 1. The fourth-order valence-electron chi connectivity index (χ4n) is 4.50. The Balaban J connectivity index is 1.26. The van der Waals surface area contributed by atoms with Crippen LogP contribution in [0.2, 0.25) is 0 Å². The summed E-state index contributed by atoms with van der Waals surface area (Å²) in [5.41, 5.74) is 2.68. The van der Waals surface area contributed by atoms with E-state index in [1.54, 1.807) is 0 Å². The number of aryl methyl sites for hydroxylation is 1. The lowest BCUT2D eigenvalue weighted by atomic mass is 10.0. The van der Waals surface area contributed by atoms with Gasteiger partial charge in [0.1, 0.15) is 0 Å². The van der Waals surface area contributed by atoms with Gasteiger partial charge < -0.3 is 5.32 Å².